The van der Waals surface area contributed by atoms with Gasteiger partial charge in [-0.1, -0.05) is 23.2 Å². The molecule has 1 aromatic rings. The van der Waals surface area contributed by atoms with E-state index in [1.807, 2.05) is 0 Å². The molecule has 0 saturated carbocycles. The van der Waals surface area contributed by atoms with E-state index in [1.165, 1.54) is 6.07 Å². The zero-order valence-corrected chi connectivity index (χ0v) is 11.9. The third-order valence-corrected chi connectivity index (χ3v) is 3.79. The number of amides is 1. The molecule has 1 aliphatic rings. The SMILES string of the molecule is O=C(NCC1CCC(C(=O)O)O1)c1ccc(Cl)c(Cl)c1. The minimum absolute atomic E-state index is 0.267. The first kappa shape index (κ1) is 15.1. The van der Waals surface area contributed by atoms with Crippen LogP contribution in [0, 0.1) is 0 Å². The summed E-state index contributed by atoms with van der Waals surface area (Å²) >= 11 is 11.6. The molecular formula is C13H13Cl2NO4. The van der Waals surface area contributed by atoms with E-state index in [2.05, 4.69) is 5.32 Å². The Morgan fingerprint density at radius 1 is 1.30 bits per heavy atom. The molecule has 1 aromatic carbocycles. The second-order valence-corrected chi connectivity index (χ2v) is 5.32. The molecule has 0 radical (unpaired) electrons. The van der Waals surface area contributed by atoms with Crippen LogP contribution in [-0.4, -0.2) is 35.7 Å². The van der Waals surface area contributed by atoms with Gasteiger partial charge < -0.3 is 15.2 Å². The third kappa shape index (κ3) is 3.62. The standard InChI is InChI=1S/C13H13Cl2NO4/c14-9-3-1-7(5-10(9)15)12(17)16-6-8-2-4-11(20-8)13(18)19/h1,3,5,8,11H,2,4,6H2,(H,16,17)(H,18,19). The molecule has 108 valence electrons. The number of aliphatic carboxylic acids is 1. The summed E-state index contributed by atoms with van der Waals surface area (Å²) < 4.78 is 5.29. The third-order valence-electron chi connectivity index (χ3n) is 3.06. The van der Waals surface area contributed by atoms with Gasteiger partial charge in [-0.3, -0.25) is 4.79 Å². The normalized spacial score (nSPS) is 21.7. The molecule has 1 amide bonds. The van der Waals surface area contributed by atoms with E-state index in [9.17, 15) is 9.59 Å². The molecule has 1 saturated heterocycles. The van der Waals surface area contributed by atoms with Gasteiger partial charge in [0.2, 0.25) is 0 Å². The van der Waals surface area contributed by atoms with E-state index < -0.39 is 12.1 Å². The molecular weight excluding hydrogens is 305 g/mol. The summed E-state index contributed by atoms with van der Waals surface area (Å²) in [6.45, 7) is 0.267. The van der Waals surface area contributed by atoms with Crippen LogP contribution in [-0.2, 0) is 9.53 Å². The lowest BCUT2D eigenvalue weighted by atomic mass is 10.2. The van der Waals surface area contributed by atoms with Crippen molar-refractivity contribution in [2.45, 2.75) is 25.0 Å². The van der Waals surface area contributed by atoms with Crippen LogP contribution in [0.4, 0.5) is 0 Å². The highest BCUT2D eigenvalue weighted by Crippen LogP contribution is 2.23. The highest BCUT2D eigenvalue weighted by Gasteiger charge is 2.30. The summed E-state index contributed by atoms with van der Waals surface area (Å²) in [5.74, 6) is -1.27. The van der Waals surface area contributed by atoms with Crippen molar-refractivity contribution in [3.63, 3.8) is 0 Å². The predicted octanol–water partition coefficient (Wildman–Crippen LogP) is 2.36. The molecule has 0 aromatic heterocycles. The van der Waals surface area contributed by atoms with Crippen molar-refractivity contribution < 1.29 is 19.4 Å². The van der Waals surface area contributed by atoms with E-state index in [1.54, 1.807) is 12.1 Å². The molecule has 1 aliphatic heterocycles. The fraction of sp³-hybridized carbons (Fsp3) is 0.385. The number of carbonyl (C=O) groups excluding carboxylic acids is 1. The molecule has 2 unspecified atom stereocenters. The molecule has 1 heterocycles. The monoisotopic (exact) mass is 317 g/mol. The Balaban J connectivity index is 1.86. The summed E-state index contributed by atoms with van der Waals surface area (Å²) in [6.07, 6.45) is 0.0195. The molecule has 2 rings (SSSR count). The summed E-state index contributed by atoms with van der Waals surface area (Å²) in [5.41, 5.74) is 0.396. The first-order valence-electron chi connectivity index (χ1n) is 6.09. The van der Waals surface area contributed by atoms with Crippen molar-refractivity contribution in [2.75, 3.05) is 6.54 Å². The van der Waals surface area contributed by atoms with Crippen molar-refractivity contribution in [3.8, 4) is 0 Å². The van der Waals surface area contributed by atoms with E-state index in [0.29, 0.717) is 28.5 Å². The van der Waals surface area contributed by atoms with Crippen molar-refractivity contribution in [1.82, 2.24) is 5.32 Å². The molecule has 5 nitrogen and oxygen atoms in total. The number of halogens is 2. The van der Waals surface area contributed by atoms with Gasteiger partial charge in [-0.2, -0.15) is 0 Å². The molecule has 2 N–H and O–H groups in total. The molecule has 2 atom stereocenters. The summed E-state index contributed by atoms with van der Waals surface area (Å²) in [4.78, 5) is 22.6. The minimum atomic E-state index is -0.969. The lowest BCUT2D eigenvalue weighted by Crippen LogP contribution is -2.33. The number of hydrogen-bond acceptors (Lipinski definition) is 3. The van der Waals surface area contributed by atoms with E-state index in [4.69, 9.17) is 33.0 Å². The molecule has 1 fully saturated rings. The summed E-state index contributed by atoms with van der Waals surface area (Å²) in [6, 6.07) is 4.60. The average Bonchev–Trinajstić information content (AvgIpc) is 2.88. The van der Waals surface area contributed by atoms with Gasteiger partial charge in [0.05, 0.1) is 16.1 Å². The lowest BCUT2D eigenvalue weighted by molar-refractivity contribution is -0.149. The zero-order valence-electron chi connectivity index (χ0n) is 10.4. The van der Waals surface area contributed by atoms with E-state index in [0.717, 1.165) is 0 Å². The van der Waals surface area contributed by atoms with Crippen molar-refractivity contribution >= 4 is 35.1 Å². The quantitative estimate of drug-likeness (QED) is 0.893. The smallest absolute Gasteiger partial charge is 0.332 e. The van der Waals surface area contributed by atoms with Gasteiger partial charge in [0, 0.05) is 12.1 Å². The number of ether oxygens (including phenoxy) is 1. The van der Waals surface area contributed by atoms with Crippen LogP contribution < -0.4 is 5.32 Å². The fourth-order valence-corrected chi connectivity index (χ4v) is 2.28. The van der Waals surface area contributed by atoms with Crippen LogP contribution in [0.1, 0.15) is 23.2 Å². The Labute approximate surface area is 125 Å². The molecule has 0 spiro atoms. The molecule has 0 bridgehead atoms. The van der Waals surface area contributed by atoms with Gasteiger partial charge in [-0.15, -0.1) is 0 Å². The first-order valence-corrected chi connectivity index (χ1v) is 6.84. The van der Waals surface area contributed by atoms with Crippen molar-refractivity contribution in [3.05, 3.63) is 33.8 Å². The van der Waals surface area contributed by atoms with Gasteiger partial charge in [0.1, 0.15) is 0 Å². The Bertz CT molecular complexity index is 535. The Hall–Kier alpha value is -1.30. The van der Waals surface area contributed by atoms with E-state index in [-0.39, 0.29) is 18.6 Å². The lowest BCUT2D eigenvalue weighted by Gasteiger charge is -2.12. The average molecular weight is 318 g/mol. The van der Waals surface area contributed by atoms with Gasteiger partial charge >= 0.3 is 5.97 Å². The number of carboxylic acid groups (broad SMARTS) is 1. The predicted molar refractivity (Wildman–Crippen MR) is 74.3 cm³/mol. The topological polar surface area (TPSA) is 75.6 Å². The van der Waals surface area contributed by atoms with Gasteiger partial charge in [0.15, 0.2) is 6.10 Å². The Morgan fingerprint density at radius 2 is 2.05 bits per heavy atom. The number of carbonyl (C=O) groups is 2. The largest absolute Gasteiger partial charge is 0.479 e. The van der Waals surface area contributed by atoms with E-state index >= 15 is 0 Å². The van der Waals surface area contributed by atoms with Gasteiger partial charge in [-0.25, -0.2) is 4.79 Å². The van der Waals surface area contributed by atoms with Crippen LogP contribution in [0.25, 0.3) is 0 Å². The number of hydrogen-bond donors (Lipinski definition) is 2. The number of carboxylic acids is 1. The summed E-state index contributed by atoms with van der Waals surface area (Å²) in [5, 5.41) is 12.2. The first-order chi connectivity index (χ1) is 9.47. The molecule has 20 heavy (non-hydrogen) atoms. The van der Waals surface area contributed by atoms with Crippen LogP contribution in [0.5, 0.6) is 0 Å². The number of nitrogens with one attached hydrogen (secondary N) is 1. The maximum absolute atomic E-state index is 11.9. The van der Waals surface area contributed by atoms with Crippen LogP contribution >= 0.6 is 23.2 Å². The highest BCUT2D eigenvalue weighted by molar-refractivity contribution is 6.42. The molecule has 0 aliphatic carbocycles. The highest BCUT2D eigenvalue weighted by atomic mass is 35.5. The van der Waals surface area contributed by atoms with Crippen LogP contribution in [0.2, 0.25) is 10.0 Å². The minimum Gasteiger partial charge on any atom is -0.479 e. The maximum Gasteiger partial charge on any atom is 0.332 e. The van der Waals surface area contributed by atoms with Gasteiger partial charge in [-0.05, 0) is 31.0 Å². The van der Waals surface area contributed by atoms with Crippen molar-refractivity contribution in [1.29, 1.82) is 0 Å². The second kappa shape index (κ2) is 6.43. The Kier molecular flexibility index (Phi) is 4.86. The molecule has 7 heteroatoms. The van der Waals surface area contributed by atoms with Gasteiger partial charge in [0.25, 0.3) is 5.91 Å². The Morgan fingerprint density at radius 3 is 2.65 bits per heavy atom. The van der Waals surface area contributed by atoms with Crippen LogP contribution in [0.3, 0.4) is 0 Å². The van der Waals surface area contributed by atoms with Crippen molar-refractivity contribution in [2.24, 2.45) is 0 Å². The maximum atomic E-state index is 11.9. The fourth-order valence-electron chi connectivity index (χ4n) is 1.98. The number of rotatable bonds is 4. The number of benzene rings is 1. The van der Waals surface area contributed by atoms with Crippen LogP contribution in [0.15, 0.2) is 18.2 Å². The zero-order chi connectivity index (χ0) is 14.7. The summed E-state index contributed by atoms with van der Waals surface area (Å²) in [7, 11) is 0. The second-order valence-electron chi connectivity index (χ2n) is 4.50.